The third-order valence-electron chi connectivity index (χ3n) is 3.64. The topological polar surface area (TPSA) is 42.1 Å². The van der Waals surface area contributed by atoms with Crippen LogP contribution in [0.15, 0.2) is 22.8 Å². The Morgan fingerprint density at radius 2 is 2.47 bits per heavy atom. The van der Waals surface area contributed by atoms with E-state index in [1.54, 1.807) is 6.26 Å². The molecule has 0 radical (unpaired) electrons. The molecule has 104 valence electrons. The van der Waals surface area contributed by atoms with Gasteiger partial charge in [0, 0.05) is 6.61 Å². The molecule has 3 heterocycles. The summed E-state index contributed by atoms with van der Waals surface area (Å²) in [6.07, 6.45) is 4.37. The lowest BCUT2D eigenvalue weighted by Gasteiger charge is -2.35. The zero-order chi connectivity index (χ0) is 13.1. The summed E-state index contributed by atoms with van der Waals surface area (Å²) in [6, 6.07) is 3.95. The Bertz CT molecular complexity index is 418. The van der Waals surface area contributed by atoms with Gasteiger partial charge in [-0.2, -0.15) is 0 Å². The van der Waals surface area contributed by atoms with Crippen molar-refractivity contribution in [2.24, 2.45) is 0 Å². The molecule has 0 aliphatic carbocycles. The van der Waals surface area contributed by atoms with E-state index >= 15 is 0 Å². The van der Waals surface area contributed by atoms with Gasteiger partial charge in [-0.15, -0.1) is 0 Å². The molecule has 0 amide bonds. The molecule has 2 saturated heterocycles. The summed E-state index contributed by atoms with van der Waals surface area (Å²) in [4.78, 5) is 3.62. The molecule has 3 rings (SSSR count). The maximum absolute atomic E-state index is 5.69. The highest BCUT2D eigenvalue weighted by molar-refractivity contribution is 7.80. The van der Waals surface area contributed by atoms with Gasteiger partial charge in [-0.25, -0.2) is 0 Å². The van der Waals surface area contributed by atoms with E-state index < -0.39 is 0 Å². The van der Waals surface area contributed by atoms with Crippen LogP contribution in [0.1, 0.15) is 18.6 Å². The van der Waals surface area contributed by atoms with E-state index in [1.807, 2.05) is 12.1 Å². The molecule has 0 saturated carbocycles. The number of hydrogen-bond acceptors (Lipinski definition) is 3. The molecule has 0 bridgehead atoms. The van der Waals surface area contributed by atoms with Crippen molar-refractivity contribution in [2.45, 2.75) is 25.5 Å². The monoisotopic (exact) mass is 282 g/mol. The van der Waals surface area contributed by atoms with Crippen molar-refractivity contribution >= 4 is 17.3 Å². The highest BCUT2D eigenvalue weighted by Gasteiger charge is 2.27. The molecule has 19 heavy (non-hydrogen) atoms. The third kappa shape index (κ3) is 3.26. The van der Waals surface area contributed by atoms with Crippen molar-refractivity contribution in [1.82, 2.24) is 10.2 Å². The van der Waals surface area contributed by atoms with Gasteiger partial charge < -0.3 is 14.5 Å². The van der Waals surface area contributed by atoms with Crippen molar-refractivity contribution in [3.05, 3.63) is 24.2 Å². The van der Waals surface area contributed by atoms with Gasteiger partial charge in [-0.3, -0.25) is 9.80 Å². The first-order valence-corrected chi connectivity index (χ1v) is 7.22. The minimum atomic E-state index is 0.336. The first kappa shape index (κ1) is 12.9. The molecule has 1 aromatic rings. The van der Waals surface area contributed by atoms with E-state index in [9.17, 15) is 0 Å². The predicted octanol–water partition coefficient (Wildman–Crippen LogP) is -0.0514. The van der Waals surface area contributed by atoms with Crippen LogP contribution in [-0.4, -0.2) is 42.6 Å². The van der Waals surface area contributed by atoms with Crippen LogP contribution in [0.3, 0.4) is 0 Å². The second-order valence-corrected chi connectivity index (χ2v) is 5.57. The Balaban J connectivity index is 1.55. The molecule has 6 heteroatoms. The van der Waals surface area contributed by atoms with Crippen LogP contribution in [-0.2, 0) is 11.3 Å². The second-order valence-electron chi connectivity index (χ2n) is 5.18. The Kier molecular flexibility index (Phi) is 4.00. The summed E-state index contributed by atoms with van der Waals surface area (Å²) >= 11 is 5.39. The standard InChI is InChI=1S/C13H19N3O2S/c19-13-14-9-15(7-11-3-1-5-17-11)10-16(13)8-12-4-2-6-18-12/h1,3,5,12H,2,4,6-10H2,(H,14,19)/p+1. The molecular formula is C13H20N3O2S+. The van der Waals surface area contributed by atoms with Gasteiger partial charge in [0.15, 0.2) is 24.2 Å². The van der Waals surface area contributed by atoms with Gasteiger partial charge in [0.1, 0.15) is 6.54 Å². The smallest absolute Gasteiger partial charge is 0.177 e. The van der Waals surface area contributed by atoms with Crippen molar-refractivity contribution in [3.8, 4) is 0 Å². The Labute approximate surface area is 118 Å². The number of thiocarbonyl (C=S) groups is 1. The van der Waals surface area contributed by atoms with Gasteiger partial charge in [-0.1, -0.05) is 0 Å². The van der Waals surface area contributed by atoms with Gasteiger partial charge in [0.2, 0.25) is 0 Å². The van der Waals surface area contributed by atoms with Crippen LogP contribution in [0, 0.1) is 0 Å². The van der Waals surface area contributed by atoms with Gasteiger partial charge in [-0.05, 0) is 37.2 Å². The molecule has 2 N–H and O–H groups in total. The molecule has 2 aliphatic rings. The fourth-order valence-electron chi connectivity index (χ4n) is 2.67. The summed E-state index contributed by atoms with van der Waals surface area (Å²) in [5, 5.41) is 4.14. The number of furan rings is 1. The summed E-state index contributed by atoms with van der Waals surface area (Å²) in [7, 11) is 0. The fraction of sp³-hybridized carbons (Fsp3) is 0.615. The van der Waals surface area contributed by atoms with Crippen LogP contribution >= 0.6 is 12.2 Å². The maximum atomic E-state index is 5.69. The van der Waals surface area contributed by atoms with Crippen molar-refractivity contribution in [1.29, 1.82) is 0 Å². The highest BCUT2D eigenvalue weighted by atomic mass is 32.1. The van der Waals surface area contributed by atoms with Gasteiger partial charge >= 0.3 is 0 Å². The lowest BCUT2D eigenvalue weighted by molar-refractivity contribution is -0.928. The van der Waals surface area contributed by atoms with Crippen molar-refractivity contribution < 1.29 is 14.1 Å². The normalized spacial score (nSPS) is 27.6. The molecular weight excluding hydrogens is 262 g/mol. The van der Waals surface area contributed by atoms with Crippen LogP contribution in [0.2, 0.25) is 0 Å². The first-order chi connectivity index (χ1) is 9.31. The quantitative estimate of drug-likeness (QED) is 0.758. The Hall–Kier alpha value is -1.11. The lowest BCUT2D eigenvalue weighted by atomic mass is 10.2. The molecule has 2 fully saturated rings. The molecule has 0 spiro atoms. The van der Waals surface area contributed by atoms with Crippen LogP contribution in [0.25, 0.3) is 0 Å². The number of nitrogens with zero attached hydrogens (tertiary/aromatic N) is 1. The van der Waals surface area contributed by atoms with Crippen molar-refractivity contribution in [2.75, 3.05) is 26.5 Å². The zero-order valence-corrected chi connectivity index (χ0v) is 11.7. The van der Waals surface area contributed by atoms with E-state index in [4.69, 9.17) is 21.4 Å². The molecule has 0 aromatic carbocycles. The molecule has 2 aliphatic heterocycles. The second kappa shape index (κ2) is 5.90. The molecule has 2 unspecified atom stereocenters. The first-order valence-electron chi connectivity index (χ1n) is 6.81. The SMILES string of the molecule is S=C1NC[NH+](Cc2ccco2)CN1CC1CCCO1. The van der Waals surface area contributed by atoms with E-state index in [2.05, 4.69) is 10.2 Å². The highest BCUT2D eigenvalue weighted by Crippen LogP contribution is 2.13. The Morgan fingerprint density at radius 1 is 1.53 bits per heavy atom. The number of quaternary nitrogens is 1. The number of nitrogens with one attached hydrogen (secondary N) is 2. The summed E-state index contributed by atoms with van der Waals surface area (Å²) < 4.78 is 11.1. The number of rotatable bonds is 4. The summed E-state index contributed by atoms with van der Waals surface area (Å²) in [5.74, 6) is 1.02. The third-order valence-corrected chi connectivity index (χ3v) is 4.05. The molecule has 2 atom stereocenters. The van der Waals surface area contributed by atoms with Crippen LogP contribution < -0.4 is 10.2 Å². The number of hydrogen-bond donors (Lipinski definition) is 2. The van der Waals surface area contributed by atoms with Gasteiger partial charge in [0.05, 0.1) is 18.9 Å². The summed E-state index contributed by atoms with van der Waals surface area (Å²) in [5.41, 5.74) is 0. The van der Waals surface area contributed by atoms with E-state index in [1.165, 1.54) is 11.3 Å². The average molecular weight is 282 g/mol. The Morgan fingerprint density at radius 3 is 3.21 bits per heavy atom. The fourth-order valence-corrected chi connectivity index (χ4v) is 2.88. The zero-order valence-electron chi connectivity index (χ0n) is 10.9. The molecule has 5 nitrogen and oxygen atoms in total. The largest absolute Gasteiger partial charge is 0.463 e. The van der Waals surface area contributed by atoms with Gasteiger partial charge in [0.25, 0.3) is 0 Å². The van der Waals surface area contributed by atoms with E-state index in [-0.39, 0.29) is 0 Å². The molecule has 1 aromatic heterocycles. The van der Waals surface area contributed by atoms with E-state index in [0.717, 1.165) is 50.3 Å². The van der Waals surface area contributed by atoms with Crippen LogP contribution in [0.5, 0.6) is 0 Å². The average Bonchev–Trinajstić information content (AvgIpc) is 3.07. The predicted molar refractivity (Wildman–Crippen MR) is 74.5 cm³/mol. The van der Waals surface area contributed by atoms with Crippen molar-refractivity contribution in [3.63, 3.8) is 0 Å². The summed E-state index contributed by atoms with van der Waals surface area (Å²) in [6.45, 7) is 4.42. The van der Waals surface area contributed by atoms with Crippen LogP contribution in [0.4, 0.5) is 0 Å². The minimum absolute atomic E-state index is 0.336. The van der Waals surface area contributed by atoms with E-state index in [0.29, 0.717) is 6.10 Å². The maximum Gasteiger partial charge on any atom is 0.177 e. The number of ether oxygens (including phenoxy) is 1. The minimum Gasteiger partial charge on any atom is -0.463 e. The lowest BCUT2D eigenvalue weighted by Crippen LogP contribution is -3.16.